The third kappa shape index (κ3) is 17.2. The van der Waals surface area contributed by atoms with Gasteiger partial charge in [-0.05, 0) is 94.4 Å². The van der Waals surface area contributed by atoms with Gasteiger partial charge in [0.25, 0.3) is 0 Å². The predicted octanol–water partition coefficient (Wildman–Crippen LogP) is 2.49. The predicted molar refractivity (Wildman–Crippen MR) is 209 cm³/mol. The van der Waals surface area contributed by atoms with Crippen LogP contribution in [0.5, 0.6) is 0 Å². The summed E-state index contributed by atoms with van der Waals surface area (Å²) >= 11 is 0. The molecule has 4 aliphatic heterocycles. The minimum atomic E-state index is -0.992. The fourth-order valence-electron chi connectivity index (χ4n) is 5.82. The number of ether oxygens (including phenoxy) is 7. The molecule has 5 atom stereocenters. The van der Waals surface area contributed by atoms with E-state index in [4.69, 9.17) is 14.2 Å². The van der Waals surface area contributed by atoms with E-state index in [0.29, 0.717) is 25.7 Å². The number of imide groups is 2. The number of rotatable bonds is 4. The molecule has 0 spiro atoms. The van der Waals surface area contributed by atoms with Crippen molar-refractivity contribution in [2.45, 2.75) is 161 Å². The molecule has 0 radical (unpaired) electrons. The number of hydrogen-bond acceptors (Lipinski definition) is 18. The lowest BCUT2D eigenvalue weighted by atomic mass is 10.2. The number of aliphatic hydroxyl groups excluding tert-OH is 1. The topological polar surface area (TPSA) is 277 Å². The van der Waals surface area contributed by atoms with E-state index in [1.54, 1.807) is 62.3 Å². The average molecular weight is 875 g/mol. The van der Waals surface area contributed by atoms with Gasteiger partial charge in [0.1, 0.15) is 47.2 Å². The van der Waals surface area contributed by atoms with Gasteiger partial charge < -0.3 is 43.6 Å². The van der Waals surface area contributed by atoms with Crippen LogP contribution in [-0.2, 0) is 66.7 Å². The van der Waals surface area contributed by atoms with Crippen molar-refractivity contribution in [3.05, 3.63) is 0 Å². The number of hydrogen-bond donors (Lipinski definition) is 2. The fraction of sp³-hybridized carbons (Fsp3) is 0.744. The number of carbonyl (C=O) groups is 10. The monoisotopic (exact) mass is 874 g/mol. The van der Waals surface area contributed by atoms with Crippen LogP contribution in [0, 0.1) is 0 Å². The van der Waals surface area contributed by atoms with Crippen molar-refractivity contribution in [1.29, 1.82) is 0 Å². The van der Waals surface area contributed by atoms with Gasteiger partial charge in [0, 0.05) is 19.3 Å². The molecule has 0 saturated carbocycles. The van der Waals surface area contributed by atoms with Crippen LogP contribution in [0.3, 0.4) is 0 Å². The highest BCUT2D eigenvalue weighted by Crippen LogP contribution is 2.27. The highest BCUT2D eigenvalue weighted by atomic mass is 16.6. The van der Waals surface area contributed by atoms with E-state index in [1.165, 1.54) is 28.4 Å². The third-order valence-corrected chi connectivity index (χ3v) is 8.46. The molecule has 4 fully saturated rings. The molecule has 4 saturated heterocycles. The quantitative estimate of drug-likeness (QED) is 0.303. The van der Waals surface area contributed by atoms with Crippen molar-refractivity contribution in [3.8, 4) is 0 Å². The van der Waals surface area contributed by atoms with Crippen molar-refractivity contribution in [2.75, 3.05) is 28.4 Å². The Morgan fingerprint density at radius 3 is 1.20 bits per heavy atom. The van der Waals surface area contributed by atoms with Gasteiger partial charge in [-0.2, -0.15) is 0 Å². The first-order chi connectivity index (χ1) is 28.0. The van der Waals surface area contributed by atoms with Gasteiger partial charge in [-0.1, -0.05) is 0 Å². The maximum Gasteiger partial charge on any atom is 0.417 e. The first-order valence-electron chi connectivity index (χ1n) is 19.4. The van der Waals surface area contributed by atoms with Crippen LogP contribution in [0.4, 0.5) is 14.4 Å². The van der Waals surface area contributed by atoms with Crippen LogP contribution < -0.4 is 5.32 Å². The Hall–Kier alpha value is -5.54. The highest BCUT2D eigenvalue weighted by Gasteiger charge is 2.45. The van der Waals surface area contributed by atoms with Crippen LogP contribution in [0.1, 0.15) is 114 Å². The van der Waals surface area contributed by atoms with Crippen molar-refractivity contribution < 1.29 is 86.2 Å². The number of methoxy groups -OCH3 is 4. The Balaban J connectivity index is 0.000000413. The van der Waals surface area contributed by atoms with Crippen LogP contribution in [0.15, 0.2) is 0 Å². The second-order valence-corrected chi connectivity index (χ2v) is 16.8. The van der Waals surface area contributed by atoms with Gasteiger partial charge in [-0.15, -0.1) is 0 Å². The summed E-state index contributed by atoms with van der Waals surface area (Å²) in [6.07, 6.45) is -0.692. The Bertz CT molecular complexity index is 1560. The Labute approximate surface area is 355 Å². The van der Waals surface area contributed by atoms with E-state index in [0.717, 1.165) is 14.7 Å². The zero-order valence-electron chi connectivity index (χ0n) is 37.3. The summed E-state index contributed by atoms with van der Waals surface area (Å²) in [5, 5.41) is 12.2. The lowest BCUT2D eigenvalue weighted by Gasteiger charge is -2.29. The minimum absolute atomic E-state index is 0.0737. The van der Waals surface area contributed by atoms with E-state index in [2.05, 4.69) is 24.3 Å². The normalized spacial score (nSPS) is 22.2. The molecule has 0 aromatic rings. The largest absolute Gasteiger partial charge is 0.467 e. The Morgan fingerprint density at radius 1 is 0.508 bits per heavy atom. The lowest BCUT2D eigenvalue weighted by Crippen LogP contribution is -2.47. The first kappa shape index (κ1) is 53.5. The molecule has 4 heterocycles. The fourth-order valence-corrected chi connectivity index (χ4v) is 5.82. The second-order valence-electron chi connectivity index (χ2n) is 16.8. The summed E-state index contributed by atoms with van der Waals surface area (Å²) in [5.41, 5.74) is -2.08. The highest BCUT2D eigenvalue weighted by molar-refractivity contribution is 6.00. The molecule has 4 aliphatic rings. The summed E-state index contributed by atoms with van der Waals surface area (Å²) in [4.78, 5) is 117. The van der Waals surface area contributed by atoms with E-state index in [-0.39, 0.29) is 37.6 Å². The van der Waals surface area contributed by atoms with E-state index in [9.17, 15) is 53.1 Å². The van der Waals surface area contributed by atoms with Gasteiger partial charge in [-0.25, -0.2) is 43.4 Å². The number of aliphatic hydroxyl groups is 1. The van der Waals surface area contributed by atoms with Gasteiger partial charge in [0.05, 0.1) is 28.4 Å². The maximum atomic E-state index is 11.8. The van der Waals surface area contributed by atoms with Crippen LogP contribution in [-0.4, -0.2) is 155 Å². The van der Waals surface area contributed by atoms with Crippen LogP contribution in [0.2, 0.25) is 0 Å². The number of nitrogens with zero attached hydrogens (tertiary/aromatic N) is 3. The van der Waals surface area contributed by atoms with Crippen LogP contribution in [0.25, 0.3) is 0 Å². The smallest absolute Gasteiger partial charge is 0.417 e. The summed E-state index contributed by atoms with van der Waals surface area (Å²) in [7, 11) is 5.00. The molecule has 0 aromatic heterocycles. The zero-order valence-corrected chi connectivity index (χ0v) is 37.3. The van der Waals surface area contributed by atoms with E-state index < -0.39 is 95.2 Å². The molecule has 2 N–H and O–H groups in total. The summed E-state index contributed by atoms with van der Waals surface area (Å²) in [5.74, 6) is -2.97. The summed E-state index contributed by atoms with van der Waals surface area (Å²) < 4.78 is 33.4. The third-order valence-electron chi connectivity index (χ3n) is 8.46. The van der Waals surface area contributed by atoms with Crippen molar-refractivity contribution >= 4 is 59.9 Å². The number of carbonyl (C=O) groups excluding carboxylic acids is 10. The maximum absolute atomic E-state index is 11.8. The molecule has 0 bridgehead atoms. The molecular weight excluding hydrogens is 812 g/mol. The molecule has 61 heavy (non-hydrogen) atoms. The lowest BCUT2D eigenvalue weighted by molar-refractivity contribution is -0.148. The van der Waals surface area contributed by atoms with Crippen LogP contribution >= 0.6 is 0 Å². The SMILES string of the molecule is COC(=O)[C@@H]1CCC(=O)N1.COC(=O)[C@@H]1CCC(=O)N1C(=O)OC(C)(C)C.COC(=O)[C@@H]1CCC(=O)N1C(=O)OC(C)(C)C.COC(=O)[C@@H]1CCC(O)N1C(=O)OC(C)(C)C. The molecule has 0 aliphatic carbocycles. The van der Waals surface area contributed by atoms with Gasteiger partial charge in [0.2, 0.25) is 17.7 Å². The average Bonchev–Trinajstić information content (AvgIpc) is 3.95. The molecule has 6 amide bonds. The number of esters is 4. The van der Waals surface area contributed by atoms with Crippen molar-refractivity contribution in [2.24, 2.45) is 0 Å². The van der Waals surface area contributed by atoms with Crippen molar-refractivity contribution in [3.63, 3.8) is 0 Å². The number of amides is 6. The standard InChI is InChI=1S/C11H19NO5.2C11H17NO5.C6H9NO3/c3*1-11(2,3)17-10(15)12-7(9(14)16-4)5-6-8(12)13;1-10-6(9)4-2-3-5(8)7-4/h7-8,13H,5-6H2,1-4H3;2*7H,5-6H2,1-4H3;4H,2-3H2,1H3,(H,7,8)/t7-,8?;2*7-;4-/m0000/s1. The molecular formula is C39H62N4O18. The second kappa shape index (κ2) is 22.9. The molecule has 22 heteroatoms. The van der Waals surface area contributed by atoms with Crippen molar-refractivity contribution in [1.82, 2.24) is 20.0 Å². The number of nitrogens with one attached hydrogen (secondary N) is 1. The first-order valence-corrected chi connectivity index (χ1v) is 19.4. The molecule has 1 unspecified atom stereocenters. The summed E-state index contributed by atoms with van der Waals surface area (Å²) in [6, 6.07) is -2.88. The molecule has 22 nitrogen and oxygen atoms in total. The van der Waals surface area contributed by atoms with Gasteiger partial charge in [-0.3, -0.25) is 19.3 Å². The van der Waals surface area contributed by atoms with E-state index in [1.807, 2.05) is 0 Å². The van der Waals surface area contributed by atoms with Gasteiger partial charge >= 0.3 is 42.2 Å². The molecule has 346 valence electrons. The minimum Gasteiger partial charge on any atom is -0.467 e. The number of likely N-dealkylation sites (tertiary alicyclic amines) is 3. The molecule has 4 rings (SSSR count). The van der Waals surface area contributed by atoms with E-state index >= 15 is 0 Å². The van der Waals surface area contributed by atoms with Gasteiger partial charge in [0.15, 0.2) is 0 Å². The Kier molecular flexibility index (Phi) is 20.1. The zero-order chi connectivity index (χ0) is 47.2. The molecule has 0 aromatic carbocycles. The summed E-state index contributed by atoms with van der Waals surface area (Å²) in [6.45, 7) is 15.3. The Morgan fingerprint density at radius 2 is 0.869 bits per heavy atom.